The van der Waals surface area contributed by atoms with Crippen molar-refractivity contribution in [1.82, 2.24) is 0 Å². The Morgan fingerprint density at radius 3 is 2.61 bits per heavy atom. The van der Waals surface area contributed by atoms with E-state index in [2.05, 4.69) is 15.1 Å². The highest BCUT2D eigenvalue weighted by Gasteiger charge is 2.14. The zero-order valence-corrected chi connectivity index (χ0v) is 10.8. The molecule has 0 aliphatic carbocycles. The van der Waals surface area contributed by atoms with Gasteiger partial charge >= 0.3 is 0 Å². The van der Waals surface area contributed by atoms with Crippen molar-refractivity contribution in [3.05, 3.63) is 28.8 Å². The average Bonchev–Trinajstić information content (AvgIpc) is 2.82. The summed E-state index contributed by atoms with van der Waals surface area (Å²) in [6.07, 6.45) is 4.02. The molecule has 6 heteroatoms. The molecule has 1 aliphatic heterocycles. The van der Waals surface area contributed by atoms with Crippen molar-refractivity contribution in [3.63, 3.8) is 0 Å². The molecule has 0 bridgehead atoms. The second kappa shape index (κ2) is 5.73. The second-order valence-electron chi connectivity index (χ2n) is 4.17. The van der Waals surface area contributed by atoms with Crippen LogP contribution in [-0.2, 0) is 0 Å². The topological polar surface area (TPSA) is 80.0 Å². The summed E-state index contributed by atoms with van der Waals surface area (Å²) in [6, 6.07) is 5.82. The standard InChI is InChI=1S/C12H16ClN5/c13-10-7-9(8-16-17-12(14)15)3-4-11(10)18-5-1-2-6-18/h3-4,7-8H,1-2,5-6H2,(H4,14,15,17). The molecule has 0 radical (unpaired) electrons. The highest BCUT2D eigenvalue weighted by Crippen LogP contribution is 2.29. The lowest BCUT2D eigenvalue weighted by molar-refractivity contribution is 0.949. The van der Waals surface area contributed by atoms with Gasteiger partial charge in [-0.1, -0.05) is 17.7 Å². The Morgan fingerprint density at radius 1 is 1.28 bits per heavy atom. The van der Waals surface area contributed by atoms with Crippen LogP contribution in [0.15, 0.2) is 28.4 Å². The van der Waals surface area contributed by atoms with E-state index < -0.39 is 0 Å². The third kappa shape index (κ3) is 3.13. The smallest absolute Gasteiger partial charge is 0.211 e. The van der Waals surface area contributed by atoms with Gasteiger partial charge in [-0.25, -0.2) is 0 Å². The first-order chi connectivity index (χ1) is 8.66. The van der Waals surface area contributed by atoms with E-state index in [9.17, 15) is 0 Å². The van der Waals surface area contributed by atoms with Crippen LogP contribution >= 0.6 is 11.6 Å². The highest BCUT2D eigenvalue weighted by molar-refractivity contribution is 6.33. The van der Waals surface area contributed by atoms with Gasteiger partial charge in [0, 0.05) is 13.1 Å². The highest BCUT2D eigenvalue weighted by atomic mass is 35.5. The van der Waals surface area contributed by atoms with Gasteiger partial charge in [-0.2, -0.15) is 5.10 Å². The van der Waals surface area contributed by atoms with Crippen molar-refractivity contribution in [2.75, 3.05) is 18.0 Å². The van der Waals surface area contributed by atoms with Crippen LogP contribution in [-0.4, -0.2) is 25.3 Å². The second-order valence-corrected chi connectivity index (χ2v) is 4.58. The normalized spacial score (nSPS) is 15.3. The molecular weight excluding hydrogens is 250 g/mol. The minimum absolute atomic E-state index is 0.0639. The number of anilines is 1. The predicted molar refractivity (Wildman–Crippen MR) is 76.3 cm³/mol. The Kier molecular flexibility index (Phi) is 4.04. The summed E-state index contributed by atoms with van der Waals surface area (Å²) in [5.41, 5.74) is 12.3. The number of hydrogen-bond donors (Lipinski definition) is 2. The van der Waals surface area contributed by atoms with Crippen LogP contribution in [0, 0.1) is 0 Å². The van der Waals surface area contributed by atoms with E-state index in [1.54, 1.807) is 6.21 Å². The Hall–Kier alpha value is -1.75. The van der Waals surface area contributed by atoms with E-state index in [0.717, 1.165) is 29.4 Å². The third-order valence-electron chi connectivity index (χ3n) is 2.80. The molecule has 1 aromatic carbocycles. The molecule has 18 heavy (non-hydrogen) atoms. The van der Waals surface area contributed by atoms with Crippen LogP contribution in [0.1, 0.15) is 18.4 Å². The van der Waals surface area contributed by atoms with Crippen molar-refractivity contribution < 1.29 is 0 Å². The molecule has 96 valence electrons. The molecule has 4 N–H and O–H groups in total. The summed E-state index contributed by atoms with van der Waals surface area (Å²) in [6.45, 7) is 2.14. The Bertz CT molecular complexity index is 473. The quantitative estimate of drug-likeness (QED) is 0.494. The molecule has 5 nitrogen and oxygen atoms in total. The first-order valence-electron chi connectivity index (χ1n) is 5.83. The van der Waals surface area contributed by atoms with Gasteiger partial charge in [0.2, 0.25) is 5.96 Å². The van der Waals surface area contributed by atoms with E-state index in [0.29, 0.717) is 0 Å². The molecule has 0 atom stereocenters. The fraction of sp³-hybridized carbons (Fsp3) is 0.333. The lowest BCUT2D eigenvalue weighted by Gasteiger charge is -2.19. The summed E-state index contributed by atoms with van der Waals surface area (Å²) >= 11 is 6.26. The van der Waals surface area contributed by atoms with Crippen molar-refractivity contribution >= 4 is 29.5 Å². The molecule has 1 saturated heterocycles. The van der Waals surface area contributed by atoms with Crippen molar-refractivity contribution in [2.24, 2.45) is 21.7 Å². The zero-order chi connectivity index (χ0) is 13.0. The minimum atomic E-state index is -0.0639. The van der Waals surface area contributed by atoms with Gasteiger partial charge in [-0.3, -0.25) is 0 Å². The Balaban J connectivity index is 2.14. The summed E-state index contributed by atoms with van der Waals surface area (Å²) in [5.74, 6) is -0.0639. The Morgan fingerprint density at radius 2 is 2.00 bits per heavy atom. The predicted octanol–water partition coefficient (Wildman–Crippen LogP) is 1.55. The number of hydrogen-bond acceptors (Lipinski definition) is 3. The molecule has 0 spiro atoms. The third-order valence-corrected chi connectivity index (χ3v) is 3.10. The fourth-order valence-electron chi connectivity index (χ4n) is 1.98. The average molecular weight is 266 g/mol. The molecule has 1 fully saturated rings. The summed E-state index contributed by atoms with van der Waals surface area (Å²) < 4.78 is 0. The van der Waals surface area contributed by atoms with Crippen LogP contribution in [0.2, 0.25) is 5.02 Å². The van der Waals surface area contributed by atoms with Crippen LogP contribution in [0.4, 0.5) is 5.69 Å². The van der Waals surface area contributed by atoms with Gasteiger partial charge in [-0.15, -0.1) is 5.10 Å². The minimum Gasteiger partial charge on any atom is -0.370 e. The van der Waals surface area contributed by atoms with E-state index in [-0.39, 0.29) is 5.96 Å². The SMILES string of the molecule is NC(N)=NN=Cc1ccc(N2CCCC2)c(Cl)c1. The van der Waals surface area contributed by atoms with Gasteiger partial charge in [0.05, 0.1) is 16.9 Å². The molecule has 0 unspecified atom stereocenters. The number of guanidine groups is 1. The van der Waals surface area contributed by atoms with E-state index >= 15 is 0 Å². The lowest BCUT2D eigenvalue weighted by Crippen LogP contribution is -2.21. The fourth-order valence-corrected chi connectivity index (χ4v) is 2.29. The summed E-state index contributed by atoms with van der Waals surface area (Å²) in [4.78, 5) is 2.29. The van der Waals surface area contributed by atoms with E-state index in [1.807, 2.05) is 18.2 Å². The van der Waals surface area contributed by atoms with Gasteiger partial charge in [-0.05, 0) is 30.5 Å². The first kappa shape index (κ1) is 12.7. The number of rotatable bonds is 3. The molecular formula is C12H16ClN5. The molecule has 1 aromatic rings. The Labute approximate surface area is 111 Å². The maximum Gasteiger partial charge on any atom is 0.211 e. The molecule has 0 saturated carbocycles. The van der Waals surface area contributed by atoms with Crippen molar-refractivity contribution in [1.29, 1.82) is 0 Å². The summed E-state index contributed by atoms with van der Waals surface area (Å²) in [5, 5.41) is 8.02. The van der Waals surface area contributed by atoms with Crippen LogP contribution in [0.5, 0.6) is 0 Å². The number of nitrogens with two attached hydrogens (primary N) is 2. The molecule has 1 aliphatic rings. The monoisotopic (exact) mass is 265 g/mol. The van der Waals surface area contributed by atoms with Gasteiger partial charge in [0.25, 0.3) is 0 Å². The number of halogens is 1. The van der Waals surface area contributed by atoms with Crippen LogP contribution in [0.3, 0.4) is 0 Å². The largest absolute Gasteiger partial charge is 0.370 e. The number of benzene rings is 1. The van der Waals surface area contributed by atoms with Gasteiger partial charge in [0.1, 0.15) is 0 Å². The van der Waals surface area contributed by atoms with Crippen LogP contribution in [0.25, 0.3) is 0 Å². The maximum absolute atomic E-state index is 6.26. The van der Waals surface area contributed by atoms with Crippen LogP contribution < -0.4 is 16.4 Å². The van der Waals surface area contributed by atoms with E-state index in [1.165, 1.54) is 12.8 Å². The van der Waals surface area contributed by atoms with Crippen molar-refractivity contribution in [2.45, 2.75) is 12.8 Å². The summed E-state index contributed by atoms with van der Waals surface area (Å²) in [7, 11) is 0. The van der Waals surface area contributed by atoms with E-state index in [4.69, 9.17) is 23.1 Å². The molecule has 2 rings (SSSR count). The van der Waals surface area contributed by atoms with Gasteiger partial charge < -0.3 is 16.4 Å². The zero-order valence-electron chi connectivity index (χ0n) is 10.0. The number of nitrogens with zero attached hydrogens (tertiary/aromatic N) is 3. The van der Waals surface area contributed by atoms with Gasteiger partial charge in [0.15, 0.2) is 0 Å². The maximum atomic E-state index is 6.26. The molecule has 0 aromatic heterocycles. The molecule has 0 amide bonds. The first-order valence-corrected chi connectivity index (χ1v) is 6.21. The molecule has 1 heterocycles. The lowest BCUT2D eigenvalue weighted by atomic mass is 10.2. The van der Waals surface area contributed by atoms with Crippen molar-refractivity contribution in [3.8, 4) is 0 Å².